The van der Waals surface area contributed by atoms with Crippen LogP contribution >= 0.6 is 0 Å². The molecule has 2 saturated heterocycles. The minimum Gasteiger partial charge on any atom is -0.375 e. The fourth-order valence-corrected chi connectivity index (χ4v) is 4.56. The fourth-order valence-electron chi connectivity index (χ4n) is 4.56. The molecule has 3 atom stereocenters. The lowest BCUT2D eigenvalue weighted by atomic mass is 9.79. The van der Waals surface area contributed by atoms with Gasteiger partial charge in [-0.2, -0.15) is 5.10 Å². The Bertz CT molecular complexity index is 1070. The number of anilines is 1. The van der Waals surface area contributed by atoms with Crippen LogP contribution in [0.15, 0.2) is 30.5 Å². The van der Waals surface area contributed by atoms with Gasteiger partial charge in [0.15, 0.2) is 5.82 Å². The van der Waals surface area contributed by atoms with E-state index in [2.05, 4.69) is 21.6 Å². The quantitative estimate of drug-likeness (QED) is 0.654. The summed E-state index contributed by atoms with van der Waals surface area (Å²) in [5.74, 6) is 0.748. The average molecular weight is 393 g/mol. The number of nitrogens with zero attached hydrogens (tertiary/aromatic N) is 3. The van der Waals surface area contributed by atoms with Crippen LogP contribution in [0.5, 0.6) is 0 Å². The summed E-state index contributed by atoms with van der Waals surface area (Å²) in [6.07, 6.45) is 5.32. The molecule has 3 N–H and O–H groups in total. The summed E-state index contributed by atoms with van der Waals surface area (Å²) < 4.78 is 19.2. The molecule has 0 spiro atoms. The Morgan fingerprint density at radius 2 is 1.86 bits per heavy atom. The second-order valence-corrected chi connectivity index (χ2v) is 8.20. The van der Waals surface area contributed by atoms with Crippen molar-refractivity contribution in [3.05, 3.63) is 58.8 Å². The van der Waals surface area contributed by atoms with Crippen LogP contribution in [0.3, 0.4) is 0 Å². The van der Waals surface area contributed by atoms with E-state index in [4.69, 9.17) is 15.5 Å². The third-order valence-electron chi connectivity index (χ3n) is 6.15. The molecule has 3 aliphatic rings. The molecule has 1 aromatic carbocycles. The molecular formula is C22H24FN5O. The number of hydrogen-bond acceptors (Lipinski definition) is 6. The first-order valence-electron chi connectivity index (χ1n) is 10.0. The van der Waals surface area contributed by atoms with E-state index < -0.39 is 6.17 Å². The van der Waals surface area contributed by atoms with Crippen molar-refractivity contribution in [2.75, 3.05) is 5.32 Å². The van der Waals surface area contributed by atoms with Crippen LogP contribution in [0, 0.1) is 19.7 Å². The fraction of sp³-hybridized carbons (Fsp3) is 0.409. The largest absolute Gasteiger partial charge is 0.375 e. The van der Waals surface area contributed by atoms with Crippen LogP contribution in [0.25, 0.3) is 10.8 Å². The Hall–Kier alpha value is -2.64. The molecule has 4 heterocycles. The summed E-state index contributed by atoms with van der Waals surface area (Å²) >= 11 is 0. The maximum Gasteiger partial charge on any atom is 0.158 e. The summed E-state index contributed by atoms with van der Waals surface area (Å²) in [7, 11) is 0. The number of nitrogens with one attached hydrogen (secondary N) is 1. The SMILES string of the molecule is Cc1cc(F)ccc1[C@@H](N)Nc1nnc(C)c2cnc(C3CC4CC(C3)O4)cc12. The maximum atomic E-state index is 13.4. The minimum atomic E-state index is -0.525. The van der Waals surface area contributed by atoms with Crippen molar-refractivity contribution in [1.82, 2.24) is 15.2 Å². The van der Waals surface area contributed by atoms with Gasteiger partial charge in [0.2, 0.25) is 0 Å². The summed E-state index contributed by atoms with van der Waals surface area (Å²) in [5, 5.41) is 13.8. The Morgan fingerprint density at radius 3 is 2.59 bits per heavy atom. The molecule has 2 bridgehead atoms. The first-order valence-corrected chi connectivity index (χ1v) is 10.0. The van der Waals surface area contributed by atoms with Crippen LogP contribution in [0.4, 0.5) is 10.2 Å². The van der Waals surface area contributed by atoms with Gasteiger partial charge in [-0.25, -0.2) is 4.39 Å². The molecule has 6 rings (SSSR count). The highest BCUT2D eigenvalue weighted by atomic mass is 19.1. The molecule has 0 amide bonds. The van der Waals surface area contributed by atoms with Crippen LogP contribution in [-0.2, 0) is 4.74 Å². The zero-order valence-electron chi connectivity index (χ0n) is 16.5. The maximum absolute atomic E-state index is 13.4. The Labute approximate surface area is 168 Å². The van der Waals surface area contributed by atoms with E-state index in [1.54, 1.807) is 6.07 Å². The standard InChI is InChI=1S/C22H24FN5O/c1-11-5-14(23)3-4-17(11)21(24)26-22-18-9-20(13-6-15-8-16(7-13)29-15)25-10-19(18)12(2)27-28-22/h3-5,9-10,13,15-16,21H,6-8,24H2,1-2H3,(H,26,28)/t13?,15?,16?,21-/m0/s1. The van der Waals surface area contributed by atoms with Crippen LogP contribution in [0.2, 0.25) is 0 Å². The normalized spacial score (nSPS) is 24.2. The lowest BCUT2D eigenvalue weighted by Crippen LogP contribution is -2.44. The van der Waals surface area contributed by atoms with Crippen LogP contribution in [0.1, 0.15) is 53.9 Å². The molecule has 29 heavy (non-hydrogen) atoms. The van der Waals surface area contributed by atoms with Gasteiger partial charge in [-0.1, -0.05) is 6.07 Å². The molecule has 2 aromatic heterocycles. The number of halogens is 1. The number of aryl methyl sites for hydroxylation is 2. The van der Waals surface area contributed by atoms with Gasteiger partial charge in [0.1, 0.15) is 12.0 Å². The number of ether oxygens (including phenoxy) is 1. The monoisotopic (exact) mass is 393 g/mol. The van der Waals surface area contributed by atoms with E-state index in [0.29, 0.717) is 23.9 Å². The highest BCUT2D eigenvalue weighted by molar-refractivity contribution is 5.92. The van der Waals surface area contributed by atoms with Crippen LogP contribution < -0.4 is 11.1 Å². The van der Waals surface area contributed by atoms with E-state index in [1.807, 2.05) is 20.0 Å². The van der Waals surface area contributed by atoms with Gasteiger partial charge in [0.25, 0.3) is 0 Å². The topological polar surface area (TPSA) is 86.0 Å². The van der Waals surface area contributed by atoms with E-state index in [1.165, 1.54) is 18.6 Å². The number of benzene rings is 1. The molecule has 2 aliphatic heterocycles. The minimum absolute atomic E-state index is 0.274. The Kier molecular flexibility index (Phi) is 4.44. The van der Waals surface area contributed by atoms with Gasteiger partial charge in [-0.05, 0) is 62.4 Å². The summed E-state index contributed by atoms with van der Waals surface area (Å²) in [6.45, 7) is 3.77. The zero-order valence-corrected chi connectivity index (χ0v) is 16.5. The molecule has 7 heteroatoms. The molecule has 0 radical (unpaired) electrons. The van der Waals surface area contributed by atoms with Crippen molar-refractivity contribution >= 4 is 16.6 Å². The van der Waals surface area contributed by atoms with E-state index in [-0.39, 0.29) is 5.82 Å². The van der Waals surface area contributed by atoms with Crippen molar-refractivity contribution < 1.29 is 9.13 Å². The highest BCUT2D eigenvalue weighted by Crippen LogP contribution is 2.43. The average Bonchev–Trinajstić information content (AvgIpc) is 2.69. The van der Waals surface area contributed by atoms with Crippen LogP contribution in [-0.4, -0.2) is 27.4 Å². The predicted molar refractivity (Wildman–Crippen MR) is 109 cm³/mol. The van der Waals surface area contributed by atoms with Gasteiger partial charge in [-0.3, -0.25) is 4.98 Å². The molecule has 3 fully saturated rings. The van der Waals surface area contributed by atoms with Crippen molar-refractivity contribution in [1.29, 1.82) is 0 Å². The second-order valence-electron chi connectivity index (χ2n) is 8.20. The number of pyridine rings is 1. The molecule has 1 aliphatic carbocycles. The summed E-state index contributed by atoms with van der Waals surface area (Å²) in [5.41, 5.74) is 9.88. The first-order chi connectivity index (χ1) is 14.0. The number of hydrogen-bond donors (Lipinski definition) is 2. The van der Waals surface area contributed by atoms with Gasteiger partial charge in [-0.15, -0.1) is 5.10 Å². The highest BCUT2D eigenvalue weighted by Gasteiger charge is 2.40. The molecule has 2 unspecified atom stereocenters. The van der Waals surface area contributed by atoms with Gasteiger partial charge in [0, 0.05) is 28.6 Å². The van der Waals surface area contributed by atoms with Gasteiger partial charge in [0.05, 0.1) is 17.9 Å². The summed E-state index contributed by atoms with van der Waals surface area (Å²) in [4.78, 5) is 4.72. The zero-order chi connectivity index (χ0) is 20.1. The molecule has 6 nitrogen and oxygen atoms in total. The molecule has 150 valence electrons. The third-order valence-corrected chi connectivity index (χ3v) is 6.15. The number of fused-ring (bicyclic) bond motifs is 3. The van der Waals surface area contributed by atoms with E-state index in [9.17, 15) is 4.39 Å². The van der Waals surface area contributed by atoms with Gasteiger partial charge >= 0.3 is 0 Å². The lowest BCUT2D eigenvalue weighted by Gasteiger charge is -2.45. The molecule has 3 aromatic rings. The van der Waals surface area contributed by atoms with E-state index in [0.717, 1.165) is 46.1 Å². The number of rotatable bonds is 4. The van der Waals surface area contributed by atoms with Crippen molar-refractivity contribution in [3.8, 4) is 0 Å². The van der Waals surface area contributed by atoms with E-state index >= 15 is 0 Å². The second kappa shape index (κ2) is 7.00. The predicted octanol–water partition coefficient (Wildman–Crippen LogP) is 3.89. The Balaban J connectivity index is 1.49. The van der Waals surface area contributed by atoms with Gasteiger partial charge < -0.3 is 15.8 Å². The Morgan fingerprint density at radius 1 is 1.10 bits per heavy atom. The summed E-state index contributed by atoms with van der Waals surface area (Å²) in [6, 6.07) is 6.71. The number of nitrogens with two attached hydrogens (primary N) is 1. The smallest absolute Gasteiger partial charge is 0.158 e. The number of aromatic nitrogens is 3. The molecular weight excluding hydrogens is 369 g/mol. The van der Waals surface area contributed by atoms with Crippen molar-refractivity contribution in [2.45, 2.75) is 57.4 Å². The lowest BCUT2D eigenvalue weighted by molar-refractivity contribution is -0.162. The van der Waals surface area contributed by atoms with Crippen molar-refractivity contribution in [2.24, 2.45) is 5.73 Å². The molecule has 1 saturated carbocycles. The third kappa shape index (κ3) is 3.34. The first kappa shape index (κ1) is 18.4. The van der Waals surface area contributed by atoms with Crippen molar-refractivity contribution in [3.63, 3.8) is 0 Å².